The average Bonchev–Trinajstić information content (AvgIpc) is 2.87. The van der Waals surface area contributed by atoms with E-state index >= 15 is 0 Å². The summed E-state index contributed by atoms with van der Waals surface area (Å²) in [6, 6.07) is 7.07. The number of hydrogen-bond acceptors (Lipinski definition) is 4. The fourth-order valence-corrected chi connectivity index (χ4v) is 2.57. The van der Waals surface area contributed by atoms with Gasteiger partial charge >= 0.3 is 0 Å². The van der Waals surface area contributed by atoms with Crippen molar-refractivity contribution in [1.29, 1.82) is 0 Å². The Morgan fingerprint density at radius 2 is 2.05 bits per heavy atom. The van der Waals surface area contributed by atoms with E-state index in [4.69, 9.17) is 5.73 Å². The largest absolute Gasteiger partial charge is 0.398 e. The van der Waals surface area contributed by atoms with Gasteiger partial charge in [0.05, 0.1) is 10.6 Å². The first-order valence-electron chi connectivity index (χ1n) is 6.27. The van der Waals surface area contributed by atoms with Gasteiger partial charge < -0.3 is 11.1 Å². The van der Waals surface area contributed by atoms with E-state index in [1.54, 1.807) is 29.5 Å². The van der Waals surface area contributed by atoms with Crippen molar-refractivity contribution in [3.8, 4) is 0 Å². The lowest BCUT2D eigenvalue weighted by molar-refractivity contribution is 0.0955. The van der Waals surface area contributed by atoms with Crippen LogP contribution in [-0.4, -0.2) is 17.4 Å². The van der Waals surface area contributed by atoms with E-state index in [2.05, 4.69) is 17.2 Å². The Labute approximate surface area is 141 Å². The monoisotopic (exact) mass is 347 g/mol. The molecule has 0 aliphatic rings. The van der Waals surface area contributed by atoms with E-state index in [0.29, 0.717) is 17.8 Å². The van der Waals surface area contributed by atoms with E-state index in [-0.39, 0.29) is 30.7 Å². The minimum Gasteiger partial charge on any atom is -0.398 e. The molecule has 0 aliphatic carbocycles. The molecule has 2 rings (SSSR count). The number of benzene rings is 1. The number of nitrogens with one attached hydrogen (secondary N) is 1. The predicted molar refractivity (Wildman–Crippen MR) is 92.9 cm³/mol. The van der Waals surface area contributed by atoms with Crippen LogP contribution in [0.3, 0.4) is 0 Å². The van der Waals surface area contributed by atoms with Crippen LogP contribution >= 0.6 is 36.2 Å². The molecule has 0 spiro atoms. The topological polar surface area (TPSA) is 68.0 Å². The molecule has 0 bridgehead atoms. The van der Waals surface area contributed by atoms with Crippen molar-refractivity contribution in [2.45, 2.75) is 19.8 Å². The van der Waals surface area contributed by atoms with Crippen LogP contribution in [0.2, 0.25) is 0 Å². The first-order chi connectivity index (χ1) is 9.20. The van der Waals surface area contributed by atoms with Gasteiger partial charge in [-0.3, -0.25) is 4.79 Å². The summed E-state index contributed by atoms with van der Waals surface area (Å²) in [6.45, 7) is 2.68. The summed E-state index contributed by atoms with van der Waals surface area (Å²) in [6.07, 6.45) is 3.66. The van der Waals surface area contributed by atoms with Gasteiger partial charge in [0.2, 0.25) is 0 Å². The zero-order valence-corrected chi connectivity index (χ0v) is 14.1. The van der Waals surface area contributed by atoms with E-state index < -0.39 is 0 Å². The number of amides is 1. The first kappa shape index (κ1) is 19.7. The van der Waals surface area contributed by atoms with Crippen LogP contribution in [0.25, 0.3) is 0 Å². The normalized spacial score (nSPS) is 9.38. The summed E-state index contributed by atoms with van der Waals surface area (Å²) in [5.41, 5.74) is 6.78. The Morgan fingerprint density at radius 1 is 1.33 bits per heavy atom. The second-order valence-corrected chi connectivity index (χ2v) is 5.37. The molecule has 0 radical (unpaired) electrons. The van der Waals surface area contributed by atoms with Gasteiger partial charge in [-0.2, -0.15) is 0 Å². The SMILES string of the molecule is CCc1cnc(CCNC(=O)c2ccccc2N)s1.Cl.Cl. The number of thiazole rings is 1. The lowest BCUT2D eigenvalue weighted by Crippen LogP contribution is -2.26. The number of halogens is 2. The van der Waals surface area contributed by atoms with Gasteiger partial charge in [0.1, 0.15) is 0 Å². The van der Waals surface area contributed by atoms with Gasteiger partial charge in [-0.25, -0.2) is 4.98 Å². The molecule has 116 valence electrons. The Hall–Kier alpha value is -1.30. The number of anilines is 1. The quantitative estimate of drug-likeness (QED) is 0.816. The maximum atomic E-state index is 11.9. The van der Waals surface area contributed by atoms with Gasteiger partial charge in [0.15, 0.2) is 0 Å². The third kappa shape index (κ3) is 5.53. The fraction of sp³-hybridized carbons (Fsp3) is 0.286. The number of nitrogen functional groups attached to an aromatic ring is 1. The highest BCUT2D eigenvalue weighted by molar-refractivity contribution is 7.11. The number of carbonyl (C=O) groups is 1. The smallest absolute Gasteiger partial charge is 0.253 e. The van der Waals surface area contributed by atoms with E-state index in [1.165, 1.54) is 4.88 Å². The molecule has 0 saturated heterocycles. The van der Waals surface area contributed by atoms with Crippen LogP contribution in [0.15, 0.2) is 30.5 Å². The van der Waals surface area contributed by atoms with Crippen molar-refractivity contribution in [1.82, 2.24) is 10.3 Å². The molecule has 4 nitrogen and oxygen atoms in total. The second-order valence-electron chi connectivity index (χ2n) is 4.17. The van der Waals surface area contributed by atoms with Gasteiger partial charge in [0, 0.05) is 29.7 Å². The van der Waals surface area contributed by atoms with Gasteiger partial charge in [-0.15, -0.1) is 36.2 Å². The number of hydrogen-bond donors (Lipinski definition) is 2. The molecule has 0 saturated carbocycles. The summed E-state index contributed by atoms with van der Waals surface area (Å²) in [7, 11) is 0. The molecule has 0 atom stereocenters. The number of nitrogens with two attached hydrogens (primary N) is 1. The minimum atomic E-state index is -0.134. The molecule has 1 aromatic heterocycles. The molecule has 2 aromatic rings. The molecule has 0 unspecified atom stereocenters. The van der Waals surface area contributed by atoms with Crippen molar-refractivity contribution in [2.24, 2.45) is 0 Å². The van der Waals surface area contributed by atoms with E-state index in [9.17, 15) is 4.79 Å². The van der Waals surface area contributed by atoms with Gasteiger partial charge in [0.25, 0.3) is 5.91 Å². The molecular weight excluding hydrogens is 329 g/mol. The second kappa shape index (κ2) is 9.60. The zero-order chi connectivity index (χ0) is 13.7. The Kier molecular flexibility index (Phi) is 9.01. The highest BCUT2D eigenvalue weighted by atomic mass is 35.5. The number of aromatic nitrogens is 1. The van der Waals surface area contributed by atoms with Crippen molar-refractivity contribution < 1.29 is 4.79 Å². The van der Waals surface area contributed by atoms with Crippen molar-refractivity contribution in [2.75, 3.05) is 12.3 Å². The van der Waals surface area contributed by atoms with Crippen LogP contribution in [0.5, 0.6) is 0 Å². The third-order valence-electron chi connectivity index (χ3n) is 2.78. The number of nitrogens with zero attached hydrogens (tertiary/aromatic N) is 1. The van der Waals surface area contributed by atoms with Crippen LogP contribution in [0.1, 0.15) is 27.2 Å². The van der Waals surface area contributed by atoms with Crippen molar-refractivity contribution in [3.63, 3.8) is 0 Å². The molecule has 1 heterocycles. The number of aryl methyl sites for hydroxylation is 1. The highest BCUT2D eigenvalue weighted by Crippen LogP contribution is 2.14. The minimum absolute atomic E-state index is 0. The summed E-state index contributed by atoms with van der Waals surface area (Å²) in [5.74, 6) is -0.134. The van der Waals surface area contributed by atoms with Gasteiger partial charge in [-0.1, -0.05) is 19.1 Å². The Bertz CT molecular complexity index is 575. The lowest BCUT2D eigenvalue weighted by Gasteiger charge is -2.06. The maximum absolute atomic E-state index is 11.9. The first-order valence-corrected chi connectivity index (χ1v) is 7.08. The van der Waals surface area contributed by atoms with Crippen molar-refractivity contribution in [3.05, 3.63) is 45.9 Å². The fourth-order valence-electron chi connectivity index (χ4n) is 1.71. The number of para-hydroxylation sites is 1. The van der Waals surface area contributed by atoms with Crippen molar-refractivity contribution >= 4 is 47.7 Å². The molecule has 0 aliphatic heterocycles. The highest BCUT2D eigenvalue weighted by Gasteiger charge is 2.08. The van der Waals surface area contributed by atoms with Crippen LogP contribution in [-0.2, 0) is 12.8 Å². The maximum Gasteiger partial charge on any atom is 0.253 e. The summed E-state index contributed by atoms with van der Waals surface area (Å²) in [4.78, 5) is 17.5. The number of carbonyl (C=O) groups excluding carboxylic acids is 1. The van der Waals surface area contributed by atoms with E-state index in [0.717, 1.165) is 17.8 Å². The Morgan fingerprint density at radius 3 is 2.67 bits per heavy atom. The molecule has 1 aromatic carbocycles. The van der Waals surface area contributed by atoms with E-state index in [1.807, 2.05) is 12.3 Å². The third-order valence-corrected chi connectivity index (χ3v) is 3.98. The van der Waals surface area contributed by atoms with Crippen LogP contribution < -0.4 is 11.1 Å². The standard InChI is InChI=1S/C14H17N3OS.2ClH/c1-2-10-9-17-13(19-10)7-8-16-14(18)11-5-3-4-6-12(11)15;;/h3-6,9H,2,7-8,15H2,1H3,(H,16,18);2*1H. The molecule has 21 heavy (non-hydrogen) atoms. The predicted octanol–water partition coefficient (Wildman–Crippen LogP) is 3.10. The van der Waals surface area contributed by atoms with Crippen LogP contribution in [0.4, 0.5) is 5.69 Å². The number of rotatable bonds is 5. The summed E-state index contributed by atoms with van der Waals surface area (Å²) < 4.78 is 0. The molecule has 7 heteroatoms. The molecule has 3 N–H and O–H groups in total. The molecule has 0 fully saturated rings. The average molecular weight is 348 g/mol. The molecular formula is C14H19Cl2N3OS. The molecule has 1 amide bonds. The lowest BCUT2D eigenvalue weighted by atomic mass is 10.1. The Balaban J connectivity index is 0.00000200. The zero-order valence-electron chi connectivity index (χ0n) is 11.7. The summed E-state index contributed by atoms with van der Waals surface area (Å²) >= 11 is 1.70. The van der Waals surface area contributed by atoms with Gasteiger partial charge in [-0.05, 0) is 18.6 Å². The summed E-state index contributed by atoms with van der Waals surface area (Å²) in [5, 5.41) is 3.92. The van der Waals surface area contributed by atoms with Crippen LogP contribution in [0, 0.1) is 0 Å².